The lowest BCUT2D eigenvalue weighted by molar-refractivity contribution is 0.0883. The fourth-order valence-electron chi connectivity index (χ4n) is 0.597. The van der Waals surface area contributed by atoms with Crippen LogP contribution in [0.1, 0.15) is 13.3 Å². The first-order valence-corrected chi connectivity index (χ1v) is 3.28. The molecule has 0 saturated carbocycles. The Morgan fingerprint density at radius 2 is 2.44 bits per heavy atom. The molecule has 0 amide bonds. The van der Waals surface area contributed by atoms with Gasteiger partial charge in [-0.15, -0.1) is 0 Å². The highest BCUT2D eigenvalue weighted by Gasteiger charge is 2.39. The summed E-state index contributed by atoms with van der Waals surface area (Å²) in [6.45, 7) is 8.04. The first-order valence-electron chi connectivity index (χ1n) is 3.28. The highest BCUT2D eigenvalue weighted by atomic mass is 16.6. The van der Waals surface area contributed by atoms with Gasteiger partial charge in [-0.25, -0.2) is 0 Å². The number of ether oxygens (including phenoxy) is 2. The topological polar surface area (TPSA) is 21.8 Å². The minimum atomic E-state index is 0.0508. The van der Waals surface area contributed by atoms with Crippen LogP contribution in [0.3, 0.4) is 0 Å². The van der Waals surface area contributed by atoms with E-state index in [0.29, 0.717) is 0 Å². The molecule has 1 saturated heterocycles. The Kier molecular flexibility index (Phi) is 2.09. The first-order chi connectivity index (χ1) is 4.27. The lowest BCUT2D eigenvalue weighted by Gasteiger charge is -2.03. The second-order valence-electron chi connectivity index (χ2n) is 2.64. The highest BCUT2D eigenvalue weighted by molar-refractivity contribution is 4.86. The van der Waals surface area contributed by atoms with Crippen LogP contribution in [-0.4, -0.2) is 25.4 Å². The van der Waals surface area contributed by atoms with Crippen molar-refractivity contribution < 1.29 is 9.47 Å². The predicted octanol–water partition coefficient (Wildman–Crippen LogP) is 1.02. The van der Waals surface area contributed by atoms with E-state index in [1.165, 1.54) is 0 Å². The minimum absolute atomic E-state index is 0.0508. The van der Waals surface area contributed by atoms with Crippen molar-refractivity contribution in [3.8, 4) is 0 Å². The summed E-state index contributed by atoms with van der Waals surface area (Å²) in [6, 6.07) is 0. The maximum Gasteiger partial charge on any atom is 0.112 e. The van der Waals surface area contributed by atoms with Gasteiger partial charge in [-0.3, -0.25) is 0 Å². The zero-order valence-electron chi connectivity index (χ0n) is 5.85. The molecule has 1 aliphatic heterocycles. The molecule has 1 rings (SSSR count). The van der Waals surface area contributed by atoms with Crippen LogP contribution in [0.25, 0.3) is 0 Å². The van der Waals surface area contributed by atoms with Crippen LogP contribution in [0.2, 0.25) is 0 Å². The predicted molar refractivity (Wildman–Crippen MR) is 35.1 cm³/mol. The Labute approximate surface area is 56.2 Å². The van der Waals surface area contributed by atoms with Crippen molar-refractivity contribution in [1.82, 2.24) is 0 Å². The summed E-state index contributed by atoms with van der Waals surface area (Å²) in [4.78, 5) is 0. The van der Waals surface area contributed by atoms with E-state index in [1.54, 1.807) is 0 Å². The summed E-state index contributed by atoms with van der Waals surface area (Å²) in [7, 11) is 0. The summed E-state index contributed by atoms with van der Waals surface area (Å²) in [5.74, 6) is 0. The van der Waals surface area contributed by atoms with E-state index in [0.717, 1.165) is 26.2 Å². The number of epoxide rings is 1. The van der Waals surface area contributed by atoms with Gasteiger partial charge >= 0.3 is 0 Å². The van der Waals surface area contributed by atoms with E-state index in [1.807, 2.05) is 0 Å². The monoisotopic (exact) mass is 129 g/mol. The highest BCUT2D eigenvalue weighted by Crippen LogP contribution is 2.25. The van der Waals surface area contributed by atoms with Gasteiger partial charge in [0, 0.05) is 6.61 Å². The van der Waals surface area contributed by atoms with Crippen molar-refractivity contribution in [2.45, 2.75) is 18.9 Å². The Hall–Kier alpha value is -0.0800. The first kappa shape index (κ1) is 7.03. The molecule has 0 aromatic carbocycles. The molecule has 1 fully saturated rings. The van der Waals surface area contributed by atoms with Crippen LogP contribution in [0.15, 0.2) is 0 Å². The van der Waals surface area contributed by atoms with E-state index < -0.39 is 0 Å². The molecule has 9 heavy (non-hydrogen) atoms. The quantitative estimate of drug-likeness (QED) is 0.417. The molecule has 1 radical (unpaired) electrons. The maximum absolute atomic E-state index is 5.22. The van der Waals surface area contributed by atoms with Gasteiger partial charge in [0.1, 0.15) is 5.60 Å². The SMILES string of the molecule is [CH2]CCOCC1(C)CO1. The van der Waals surface area contributed by atoms with Crippen LogP contribution in [0, 0.1) is 6.92 Å². The molecule has 1 atom stereocenters. The smallest absolute Gasteiger partial charge is 0.112 e. The maximum atomic E-state index is 5.22. The van der Waals surface area contributed by atoms with Crippen LogP contribution >= 0.6 is 0 Å². The van der Waals surface area contributed by atoms with Crippen LogP contribution < -0.4 is 0 Å². The van der Waals surface area contributed by atoms with Gasteiger partial charge < -0.3 is 9.47 Å². The Morgan fingerprint density at radius 1 is 1.78 bits per heavy atom. The molecule has 0 spiro atoms. The fourth-order valence-corrected chi connectivity index (χ4v) is 0.597. The summed E-state index contributed by atoms with van der Waals surface area (Å²) >= 11 is 0. The molecule has 0 bridgehead atoms. The van der Waals surface area contributed by atoms with Crippen molar-refractivity contribution in [3.05, 3.63) is 6.92 Å². The Balaban J connectivity index is 1.92. The molecule has 0 N–H and O–H groups in total. The van der Waals surface area contributed by atoms with Crippen LogP contribution in [0.5, 0.6) is 0 Å². The molecule has 0 aromatic rings. The minimum Gasteiger partial charge on any atom is -0.378 e. The molecule has 1 aliphatic rings. The molecule has 2 heteroatoms. The molecule has 0 aromatic heterocycles. The van der Waals surface area contributed by atoms with Gasteiger partial charge in [-0.1, -0.05) is 6.92 Å². The summed E-state index contributed by atoms with van der Waals surface area (Å²) in [5, 5.41) is 0. The van der Waals surface area contributed by atoms with Crippen molar-refractivity contribution in [1.29, 1.82) is 0 Å². The molecule has 1 heterocycles. The third-order valence-electron chi connectivity index (χ3n) is 1.33. The normalized spacial score (nSPS) is 32.7. The van der Waals surface area contributed by atoms with Gasteiger partial charge in [0.15, 0.2) is 0 Å². The van der Waals surface area contributed by atoms with E-state index >= 15 is 0 Å². The average Bonchev–Trinajstić information content (AvgIpc) is 2.50. The van der Waals surface area contributed by atoms with Crippen molar-refractivity contribution in [2.24, 2.45) is 0 Å². The summed E-state index contributed by atoms with van der Waals surface area (Å²) < 4.78 is 10.3. The summed E-state index contributed by atoms with van der Waals surface area (Å²) in [6.07, 6.45) is 0.843. The fraction of sp³-hybridized carbons (Fsp3) is 0.857. The Morgan fingerprint density at radius 3 is 2.89 bits per heavy atom. The van der Waals surface area contributed by atoms with Crippen LogP contribution in [0.4, 0.5) is 0 Å². The Bertz CT molecular complexity index is 86.9. The lowest BCUT2D eigenvalue weighted by Crippen LogP contribution is -2.14. The average molecular weight is 129 g/mol. The molecule has 2 nitrogen and oxygen atoms in total. The molecule has 1 unspecified atom stereocenters. The van der Waals surface area contributed by atoms with Gasteiger partial charge in [-0.2, -0.15) is 0 Å². The van der Waals surface area contributed by atoms with Crippen molar-refractivity contribution in [3.63, 3.8) is 0 Å². The second kappa shape index (κ2) is 2.67. The third kappa shape index (κ3) is 2.33. The number of hydrogen-bond acceptors (Lipinski definition) is 2. The van der Waals surface area contributed by atoms with Crippen molar-refractivity contribution in [2.75, 3.05) is 19.8 Å². The van der Waals surface area contributed by atoms with Crippen LogP contribution in [-0.2, 0) is 9.47 Å². The van der Waals surface area contributed by atoms with E-state index in [-0.39, 0.29) is 5.60 Å². The van der Waals surface area contributed by atoms with E-state index in [9.17, 15) is 0 Å². The van der Waals surface area contributed by atoms with E-state index in [4.69, 9.17) is 9.47 Å². The molecular weight excluding hydrogens is 116 g/mol. The van der Waals surface area contributed by atoms with Gasteiger partial charge in [0.2, 0.25) is 0 Å². The lowest BCUT2D eigenvalue weighted by atomic mass is 10.2. The molecule has 53 valence electrons. The number of hydrogen-bond donors (Lipinski definition) is 0. The largest absolute Gasteiger partial charge is 0.378 e. The third-order valence-corrected chi connectivity index (χ3v) is 1.33. The number of rotatable bonds is 4. The standard InChI is InChI=1S/C7H13O2/c1-3-4-8-5-7(2)6-9-7/h1,3-6H2,2H3. The van der Waals surface area contributed by atoms with E-state index in [2.05, 4.69) is 13.8 Å². The molecule has 0 aliphatic carbocycles. The molecular formula is C7H13O2. The van der Waals surface area contributed by atoms with Gasteiger partial charge in [0.25, 0.3) is 0 Å². The second-order valence-corrected chi connectivity index (χ2v) is 2.64. The summed E-state index contributed by atoms with van der Waals surface area (Å²) in [5.41, 5.74) is 0.0508. The zero-order valence-corrected chi connectivity index (χ0v) is 5.85. The van der Waals surface area contributed by atoms with Gasteiger partial charge in [0.05, 0.1) is 13.2 Å². The van der Waals surface area contributed by atoms with Gasteiger partial charge in [-0.05, 0) is 13.3 Å². The zero-order chi connectivity index (χ0) is 6.74. The van der Waals surface area contributed by atoms with Crippen molar-refractivity contribution >= 4 is 0 Å².